The predicted molar refractivity (Wildman–Crippen MR) is 90.9 cm³/mol. The Morgan fingerprint density at radius 2 is 1.79 bits per heavy atom. The first-order valence-corrected chi connectivity index (χ1v) is 8.14. The molecule has 6 nitrogen and oxygen atoms in total. The van der Waals surface area contributed by atoms with Crippen LogP contribution in [0.15, 0.2) is 24.3 Å². The predicted octanol–water partition coefficient (Wildman–Crippen LogP) is 2.09. The summed E-state index contributed by atoms with van der Waals surface area (Å²) in [6, 6.07) is 6.81. The first-order valence-electron chi connectivity index (χ1n) is 8.14. The van der Waals surface area contributed by atoms with Crippen molar-refractivity contribution in [2.75, 3.05) is 18.5 Å². The fraction of sp³-hybridized carbons (Fsp3) is 0.500. The minimum absolute atomic E-state index is 0.262. The van der Waals surface area contributed by atoms with E-state index in [1.165, 1.54) is 19.5 Å². The van der Waals surface area contributed by atoms with Crippen LogP contribution in [0.5, 0.6) is 0 Å². The van der Waals surface area contributed by atoms with Gasteiger partial charge in [0.25, 0.3) is 0 Å². The Balaban J connectivity index is 2.12. The second kappa shape index (κ2) is 7.03. The van der Waals surface area contributed by atoms with Crippen LogP contribution in [0.3, 0.4) is 0 Å². The number of benzene rings is 1. The van der Waals surface area contributed by atoms with Gasteiger partial charge in [-0.2, -0.15) is 0 Å². The van der Waals surface area contributed by atoms with Gasteiger partial charge in [0.1, 0.15) is 12.0 Å². The van der Waals surface area contributed by atoms with Gasteiger partial charge >= 0.3 is 5.97 Å². The SMILES string of the molecule is CC(C)c1ccc(N2CCC(C(=O)N(C)C(C)C(=O)O)C2=O)cc1. The molecule has 2 atom stereocenters. The average molecular weight is 332 g/mol. The van der Waals surface area contributed by atoms with Gasteiger partial charge in [-0.1, -0.05) is 26.0 Å². The molecule has 1 N–H and O–H groups in total. The number of carboxylic acids is 1. The number of rotatable bonds is 5. The van der Waals surface area contributed by atoms with Gasteiger partial charge < -0.3 is 14.9 Å². The van der Waals surface area contributed by atoms with Crippen LogP contribution in [0.1, 0.15) is 38.7 Å². The molecule has 1 aliphatic rings. The molecule has 2 unspecified atom stereocenters. The number of likely N-dealkylation sites (N-methyl/N-ethyl adjacent to an activating group) is 1. The number of aliphatic carboxylic acids is 1. The summed E-state index contributed by atoms with van der Waals surface area (Å²) in [6.07, 6.45) is 0.403. The topological polar surface area (TPSA) is 77.9 Å². The zero-order valence-electron chi connectivity index (χ0n) is 14.5. The van der Waals surface area contributed by atoms with Crippen molar-refractivity contribution in [3.05, 3.63) is 29.8 Å². The largest absolute Gasteiger partial charge is 0.480 e. The molecule has 1 aromatic carbocycles. The van der Waals surface area contributed by atoms with E-state index in [0.29, 0.717) is 18.9 Å². The van der Waals surface area contributed by atoms with Gasteiger partial charge in [-0.15, -0.1) is 0 Å². The number of nitrogens with zero attached hydrogens (tertiary/aromatic N) is 2. The fourth-order valence-corrected chi connectivity index (χ4v) is 2.81. The fourth-order valence-electron chi connectivity index (χ4n) is 2.81. The Hall–Kier alpha value is -2.37. The molecule has 1 heterocycles. The summed E-state index contributed by atoms with van der Waals surface area (Å²) in [5, 5.41) is 9.02. The Labute approximate surface area is 142 Å². The minimum atomic E-state index is -1.09. The summed E-state index contributed by atoms with van der Waals surface area (Å²) in [7, 11) is 1.43. The van der Waals surface area contributed by atoms with Crippen LogP contribution >= 0.6 is 0 Å². The third kappa shape index (κ3) is 3.42. The second-order valence-corrected chi connectivity index (χ2v) is 6.54. The summed E-state index contributed by atoms with van der Waals surface area (Å²) in [5.74, 6) is -2.18. The maximum absolute atomic E-state index is 12.6. The maximum Gasteiger partial charge on any atom is 0.326 e. The van der Waals surface area contributed by atoms with E-state index in [1.807, 2.05) is 24.3 Å². The van der Waals surface area contributed by atoms with Gasteiger partial charge in [-0.25, -0.2) is 4.79 Å². The van der Waals surface area contributed by atoms with E-state index in [-0.39, 0.29) is 5.91 Å². The highest BCUT2D eigenvalue weighted by Crippen LogP contribution is 2.28. The summed E-state index contributed by atoms with van der Waals surface area (Å²) >= 11 is 0. The summed E-state index contributed by atoms with van der Waals surface area (Å²) in [5.41, 5.74) is 1.96. The molecule has 0 aromatic heterocycles. The zero-order chi connectivity index (χ0) is 18.0. The first kappa shape index (κ1) is 18.0. The highest BCUT2D eigenvalue weighted by molar-refractivity contribution is 6.10. The van der Waals surface area contributed by atoms with E-state index >= 15 is 0 Å². The number of anilines is 1. The van der Waals surface area contributed by atoms with Crippen LogP contribution in [0.2, 0.25) is 0 Å². The molecular formula is C18H24N2O4. The van der Waals surface area contributed by atoms with Gasteiger partial charge in [0.05, 0.1) is 0 Å². The number of hydrogen-bond donors (Lipinski definition) is 1. The molecule has 1 aliphatic heterocycles. The molecule has 6 heteroatoms. The van der Waals surface area contributed by atoms with Crippen LogP contribution < -0.4 is 4.90 Å². The van der Waals surface area contributed by atoms with Gasteiger partial charge in [-0.3, -0.25) is 9.59 Å². The van der Waals surface area contributed by atoms with Crippen molar-refractivity contribution >= 4 is 23.5 Å². The maximum atomic E-state index is 12.6. The van der Waals surface area contributed by atoms with Crippen molar-refractivity contribution in [1.29, 1.82) is 0 Å². The van der Waals surface area contributed by atoms with Crippen LogP contribution in [-0.2, 0) is 14.4 Å². The minimum Gasteiger partial charge on any atom is -0.480 e. The Bertz CT molecular complexity index is 639. The second-order valence-electron chi connectivity index (χ2n) is 6.54. The van der Waals surface area contributed by atoms with E-state index in [4.69, 9.17) is 5.11 Å². The lowest BCUT2D eigenvalue weighted by atomic mass is 10.0. The number of carboxylic acid groups (broad SMARTS) is 1. The smallest absolute Gasteiger partial charge is 0.326 e. The van der Waals surface area contributed by atoms with Crippen molar-refractivity contribution in [3.63, 3.8) is 0 Å². The third-order valence-corrected chi connectivity index (χ3v) is 4.66. The molecule has 0 radical (unpaired) electrons. The molecule has 2 rings (SSSR count). The quantitative estimate of drug-likeness (QED) is 0.838. The first-order chi connectivity index (χ1) is 11.2. The number of carbonyl (C=O) groups excluding carboxylic acids is 2. The number of amides is 2. The molecule has 0 bridgehead atoms. The molecule has 2 amide bonds. The molecule has 0 spiro atoms. The lowest BCUT2D eigenvalue weighted by Gasteiger charge is -2.24. The van der Waals surface area contributed by atoms with E-state index in [9.17, 15) is 14.4 Å². The van der Waals surface area contributed by atoms with Crippen LogP contribution in [0.4, 0.5) is 5.69 Å². The van der Waals surface area contributed by atoms with E-state index in [1.54, 1.807) is 4.90 Å². The lowest BCUT2D eigenvalue weighted by molar-refractivity contribution is -0.151. The van der Waals surface area contributed by atoms with Gasteiger partial charge in [0.15, 0.2) is 0 Å². The molecule has 0 saturated carbocycles. The number of hydrogen-bond acceptors (Lipinski definition) is 3. The highest BCUT2D eigenvalue weighted by Gasteiger charge is 2.40. The van der Waals surface area contributed by atoms with E-state index in [2.05, 4.69) is 13.8 Å². The third-order valence-electron chi connectivity index (χ3n) is 4.66. The molecule has 1 aromatic rings. The molecular weight excluding hydrogens is 308 g/mol. The lowest BCUT2D eigenvalue weighted by Crippen LogP contribution is -2.45. The molecule has 1 saturated heterocycles. The molecule has 1 fully saturated rings. The normalized spacial score (nSPS) is 18.8. The van der Waals surface area contributed by atoms with Crippen LogP contribution in [0.25, 0.3) is 0 Å². The highest BCUT2D eigenvalue weighted by atomic mass is 16.4. The van der Waals surface area contributed by atoms with Crippen molar-refractivity contribution in [3.8, 4) is 0 Å². The Morgan fingerprint density at radius 3 is 2.29 bits per heavy atom. The average Bonchev–Trinajstić information content (AvgIpc) is 2.94. The zero-order valence-corrected chi connectivity index (χ0v) is 14.5. The van der Waals surface area contributed by atoms with Crippen LogP contribution in [-0.4, -0.2) is 47.4 Å². The van der Waals surface area contributed by atoms with Gasteiger partial charge in [0, 0.05) is 19.3 Å². The van der Waals surface area contributed by atoms with Gasteiger partial charge in [0.2, 0.25) is 11.8 Å². The van der Waals surface area contributed by atoms with E-state index in [0.717, 1.165) is 10.6 Å². The standard InChI is InChI=1S/C18H24N2O4/c1-11(2)13-5-7-14(8-6-13)20-10-9-15(17(20)22)16(21)19(4)12(3)18(23)24/h5-8,11-12,15H,9-10H2,1-4H3,(H,23,24). The van der Waals surface area contributed by atoms with Crippen molar-refractivity contribution in [1.82, 2.24) is 4.90 Å². The Morgan fingerprint density at radius 1 is 1.21 bits per heavy atom. The number of carbonyl (C=O) groups is 3. The monoisotopic (exact) mass is 332 g/mol. The van der Waals surface area contributed by atoms with Crippen molar-refractivity contribution < 1.29 is 19.5 Å². The molecule has 24 heavy (non-hydrogen) atoms. The summed E-state index contributed by atoms with van der Waals surface area (Å²) < 4.78 is 0. The van der Waals surface area contributed by atoms with Crippen molar-refractivity contribution in [2.24, 2.45) is 5.92 Å². The van der Waals surface area contributed by atoms with Gasteiger partial charge in [-0.05, 0) is 37.0 Å². The van der Waals surface area contributed by atoms with Crippen LogP contribution in [0, 0.1) is 5.92 Å². The summed E-state index contributed by atoms with van der Waals surface area (Å²) in [6.45, 7) is 6.10. The molecule has 130 valence electrons. The Kier molecular flexibility index (Phi) is 5.26. The molecule has 0 aliphatic carbocycles. The summed E-state index contributed by atoms with van der Waals surface area (Å²) in [4.78, 5) is 38.8. The van der Waals surface area contributed by atoms with Crippen molar-refractivity contribution in [2.45, 2.75) is 39.2 Å². The van der Waals surface area contributed by atoms with E-state index < -0.39 is 23.8 Å².